The summed E-state index contributed by atoms with van der Waals surface area (Å²) in [6, 6.07) is 7.52. The maximum absolute atomic E-state index is 6.17. The Morgan fingerprint density at radius 1 is 1.21 bits per heavy atom. The van der Waals surface area contributed by atoms with Crippen LogP contribution in [0.15, 0.2) is 28.7 Å². The monoisotopic (exact) mass is 340 g/mol. The van der Waals surface area contributed by atoms with Gasteiger partial charge in [-0.05, 0) is 32.0 Å². The van der Waals surface area contributed by atoms with E-state index in [0.717, 1.165) is 22.5 Å². The molecule has 0 bridgehead atoms. The largest absolute Gasteiger partial charge is 0.370 e. The van der Waals surface area contributed by atoms with Crippen molar-refractivity contribution in [3.63, 3.8) is 0 Å². The number of halogens is 2. The van der Waals surface area contributed by atoms with Gasteiger partial charge in [0.15, 0.2) is 0 Å². The lowest BCUT2D eigenvalue weighted by Crippen LogP contribution is -2.04. The van der Waals surface area contributed by atoms with Crippen molar-refractivity contribution in [2.24, 2.45) is 0 Å². The van der Waals surface area contributed by atoms with Crippen molar-refractivity contribution in [2.75, 3.05) is 17.2 Å². The molecule has 1 heterocycles. The van der Waals surface area contributed by atoms with Gasteiger partial charge in [-0.2, -0.15) is 0 Å². The first-order chi connectivity index (χ1) is 9.08. The maximum Gasteiger partial charge on any atom is 0.136 e. The minimum absolute atomic E-state index is 0.635. The van der Waals surface area contributed by atoms with Crippen molar-refractivity contribution < 1.29 is 0 Å². The number of nitrogens with one attached hydrogen (secondary N) is 2. The van der Waals surface area contributed by atoms with Gasteiger partial charge in [-0.1, -0.05) is 27.5 Å². The Balaban J connectivity index is 2.27. The van der Waals surface area contributed by atoms with Gasteiger partial charge in [-0.25, -0.2) is 9.97 Å². The normalized spacial score (nSPS) is 10.3. The first-order valence-electron chi connectivity index (χ1n) is 5.90. The Morgan fingerprint density at radius 2 is 1.95 bits per heavy atom. The number of aryl methyl sites for hydroxylation is 1. The van der Waals surface area contributed by atoms with Crippen molar-refractivity contribution in [3.8, 4) is 0 Å². The molecule has 0 spiro atoms. The van der Waals surface area contributed by atoms with E-state index in [1.807, 2.05) is 38.1 Å². The van der Waals surface area contributed by atoms with E-state index in [9.17, 15) is 0 Å². The third-order valence-corrected chi connectivity index (χ3v) is 3.20. The Bertz CT molecular complexity index is 589. The lowest BCUT2D eigenvalue weighted by atomic mass is 10.3. The van der Waals surface area contributed by atoms with E-state index in [4.69, 9.17) is 11.6 Å². The van der Waals surface area contributed by atoms with E-state index in [1.165, 1.54) is 0 Å². The predicted molar refractivity (Wildman–Crippen MR) is 83.4 cm³/mol. The van der Waals surface area contributed by atoms with Crippen molar-refractivity contribution in [1.29, 1.82) is 0 Å². The average Bonchev–Trinajstić information content (AvgIpc) is 2.32. The second-order valence-corrected chi connectivity index (χ2v) is 5.29. The lowest BCUT2D eigenvalue weighted by molar-refractivity contribution is 1.04. The quantitative estimate of drug-likeness (QED) is 0.866. The van der Waals surface area contributed by atoms with Gasteiger partial charge < -0.3 is 10.6 Å². The van der Waals surface area contributed by atoms with Crippen LogP contribution in [0.5, 0.6) is 0 Å². The smallest absolute Gasteiger partial charge is 0.136 e. The number of anilines is 3. The van der Waals surface area contributed by atoms with Crippen LogP contribution in [0.3, 0.4) is 0 Å². The summed E-state index contributed by atoms with van der Waals surface area (Å²) in [4.78, 5) is 8.64. The van der Waals surface area contributed by atoms with Gasteiger partial charge in [-0.3, -0.25) is 0 Å². The fourth-order valence-electron chi connectivity index (χ4n) is 1.63. The molecule has 1 aromatic heterocycles. The second kappa shape index (κ2) is 6.21. The summed E-state index contributed by atoms with van der Waals surface area (Å²) < 4.78 is 0.940. The number of hydrogen-bond donors (Lipinski definition) is 2. The molecule has 1 aromatic carbocycles. The van der Waals surface area contributed by atoms with Gasteiger partial charge in [-0.15, -0.1) is 0 Å². The molecule has 0 saturated carbocycles. The van der Waals surface area contributed by atoms with E-state index in [1.54, 1.807) is 0 Å². The van der Waals surface area contributed by atoms with Crippen LogP contribution in [-0.4, -0.2) is 16.5 Å². The van der Waals surface area contributed by atoms with E-state index in [2.05, 4.69) is 36.5 Å². The first-order valence-corrected chi connectivity index (χ1v) is 7.07. The van der Waals surface area contributed by atoms with E-state index < -0.39 is 0 Å². The highest BCUT2D eigenvalue weighted by molar-refractivity contribution is 9.10. The van der Waals surface area contributed by atoms with Crippen molar-refractivity contribution in [3.05, 3.63) is 39.6 Å². The van der Waals surface area contributed by atoms with Crippen LogP contribution in [0.2, 0.25) is 5.02 Å². The van der Waals surface area contributed by atoms with Crippen molar-refractivity contribution in [2.45, 2.75) is 13.8 Å². The molecular weight excluding hydrogens is 328 g/mol. The third-order valence-electron chi connectivity index (χ3n) is 2.39. The SMILES string of the molecule is CCNc1cc(Nc2ccc(Br)cc2Cl)nc(C)n1. The Hall–Kier alpha value is -1.33. The molecule has 0 aliphatic rings. The zero-order valence-corrected chi connectivity index (χ0v) is 13.0. The Kier molecular flexibility index (Phi) is 4.61. The molecule has 100 valence electrons. The van der Waals surface area contributed by atoms with Crippen LogP contribution in [0.1, 0.15) is 12.7 Å². The molecule has 0 saturated heterocycles. The fourth-order valence-corrected chi connectivity index (χ4v) is 2.35. The van der Waals surface area contributed by atoms with Crippen molar-refractivity contribution in [1.82, 2.24) is 9.97 Å². The molecule has 6 heteroatoms. The zero-order valence-electron chi connectivity index (χ0n) is 10.7. The summed E-state index contributed by atoms with van der Waals surface area (Å²) in [5, 5.41) is 7.00. The van der Waals surface area contributed by atoms with Gasteiger partial charge in [0.25, 0.3) is 0 Å². The Labute approximate surface area is 125 Å². The molecule has 0 aliphatic carbocycles. The summed E-state index contributed by atoms with van der Waals surface area (Å²) in [5.41, 5.74) is 0.811. The van der Waals surface area contributed by atoms with Crippen LogP contribution in [0.4, 0.5) is 17.3 Å². The van der Waals surface area contributed by atoms with E-state index in [0.29, 0.717) is 16.7 Å². The molecule has 19 heavy (non-hydrogen) atoms. The predicted octanol–water partition coefficient (Wildman–Crippen LogP) is 4.38. The standard InChI is InChI=1S/C13H14BrClN4/c1-3-16-12-7-13(18-8(2)17-12)19-11-5-4-9(14)6-10(11)15/h4-7H,3H2,1-2H3,(H2,16,17,18,19). The summed E-state index contributed by atoms with van der Waals surface area (Å²) in [5.74, 6) is 2.22. The first kappa shape index (κ1) is 14.1. The summed E-state index contributed by atoms with van der Waals surface area (Å²) in [6.45, 7) is 4.69. The third kappa shape index (κ3) is 3.81. The number of aromatic nitrogens is 2. The highest BCUT2D eigenvalue weighted by atomic mass is 79.9. The molecule has 2 rings (SSSR count). The molecule has 2 aromatic rings. The number of rotatable bonds is 4. The number of hydrogen-bond acceptors (Lipinski definition) is 4. The summed E-state index contributed by atoms with van der Waals surface area (Å²) >= 11 is 9.55. The van der Waals surface area contributed by atoms with E-state index >= 15 is 0 Å². The molecule has 0 amide bonds. The molecule has 4 nitrogen and oxygen atoms in total. The van der Waals surface area contributed by atoms with Gasteiger partial charge >= 0.3 is 0 Å². The van der Waals surface area contributed by atoms with Crippen LogP contribution in [0, 0.1) is 6.92 Å². The second-order valence-electron chi connectivity index (χ2n) is 3.97. The molecule has 2 N–H and O–H groups in total. The number of nitrogens with zero attached hydrogens (tertiary/aromatic N) is 2. The van der Waals surface area contributed by atoms with Gasteiger partial charge in [0.1, 0.15) is 17.5 Å². The van der Waals surface area contributed by atoms with Crippen LogP contribution < -0.4 is 10.6 Å². The van der Waals surface area contributed by atoms with Crippen molar-refractivity contribution >= 4 is 44.9 Å². The summed E-state index contributed by atoms with van der Waals surface area (Å²) in [6.07, 6.45) is 0. The van der Waals surface area contributed by atoms with Crippen LogP contribution in [0.25, 0.3) is 0 Å². The molecular formula is C13H14BrClN4. The molecule has 0 atom stereocenters. The number of benzene rings is 1. The molecule has 0 fully saturated rings. The minimum Gasteiger partial charge on any atom is -0.370 e. The maximum atomic E-state index is 6.17. The van der Waals surface area contributed by atoms with E-state index in [-0.39, 0.29) is 0 Å². The van der Waals surface area contributed by atoms with Gasteiger partial charge in [0.2, 0.25) is 0 Å². The van der Waals surface area contributed by atoms with Gasteiger partial charge in [0.05, 0.1) is 10.7 Å². The topological polar surface area (TPSA) is 49.8 Å². The fraction of sp³-hybridized carbons (Fsp3) is 0.231. The highest BCUT2D eigenvalue weighted by Crippen LogP contribution is 2.28. The summed E-state index contributed by atoms with van der Waals surface area (Å²) in [7, 11) is 0. The minimum atomic E-state index is 0.635. The Morgan fingerprint density at radius 3 is 2.63 bits per heavy atom. The van der Waals surface area contributed by atoms with Gasteiger partial charge in [0, 0.05) is 17.1 Å². The molecule has 0 radical (unpaired) electrons. The zero-order chi connectivity index (χ0) is 13.8. The molecule has 0 unspecified atom stereocenters. The van der Waals surface area contributed by atoms with Crippen LogP contribution in [-0.2, 0) is 0 Å². The van der Waals surface area contributed by atoms with Crippen LogP contribution >= 0.6 is 27.5 Å². The molecule has 0 aliphatic heterocycles. The average molecular weight is 342 g/mol. The highest BCUT2D eigenvalue weighted by Gasteiger charge is 2.05. The lowest BCUT2D eigenvalue weighted by Gasteiger charge is -2.10.